The normalized spacial score (nSPS) is 13.4. The van der Waals surface area contributed by atoms with Crippen molar-refractivity contribution in [3.8, 4) is 0 Å². The Morgan fingerprint density at radius 1 is 0.483 bits per heavy atom. The van der Waals surface area contributed by atoms with Crippen LogP contribution in [0.1, 0.15) is 0 Å². The molecule has 0 spiro atoms. The highest BCUT2D eigenvalue weighted by atomic mass is 79.9. The van der Waals surface area contributed by atoms with E-state index < -0.39 is 81.3 Å². The lowest BCUT2D eigenvalue weighted by Gasteiger charge is -2.10. The fraction of sp³-hybridized carbons (Fsp3) is 0. The minimum absolute atomic E-state index is 0. The van der Waals surface area contributed by atoms with Gasteiger partial charge in [0.1, 0.15) is 4.90 Å². The smallest absolute Gasteiger partial charge is 0.430 e. The summed E-state index contributed by atoms with van der Waals surface area (Å²) in [6.07, 6.45) is 0. The average molecular weight is 595 g/mol. The number of halogens is 6. The van der Waals surface area contributed by atoms with E-state index in [0.717, 1.165) is 0 Å². The van der Waals surface area contributed by atoms with Crippen molar-refractivity contribution in [2.45, 2.75) is 24.5 Å². The van der Waals surface area contributed by atoms with Crippen molar-refractivity contribution < 1.29 is 78.5 Å². The zero-order chi connectivity index (χ0) is 22.7. The molecular weight excluding hydrogens is 595 g/mol. The first-order valence-corrected chi connectivity index (χ1v) is 12.3. The van der Waals surface area contributed by atoms with Gasteiger partial charge >= 0.3 is 56.8 Å². The second-order valence-corrected chi connectivity index (χ2v) is 10.7. The van der Waals surface area contributed by atoms with Crippen molar-refractivity contribution in [1.29, 1.82) is 5.39 Å². The molecule has 12 nitrogen and oxygen atoms in total. The third-order valence-electron chi connectivity index (χ3n) is 2.57. The highest BCUT2D eigenvalue weighted by Gasteiger charge is 2.53. The zero-order valence-corrected chi connectivity index (χ0v) is 18.0. The molecule has 0 atom stereocenters. The van der Waals surface area contributed by atoms with Crippen LogP contribution in [0.3, 0.4) is 0 Å². The Labute approximate surface area is 169 Å². The van der Waals surface area contributed by atoms with Gasteiger partial charge in [-0.05, 0) is 0 Å². The van der Waals surface area contributed by atoms with Crippen LogP contribution in [-0.4, -0.2) is 42.1 Å². The molecule has 1 aromatic rings. The number of diazo groups is 1. The molecule has 1 aromatic carbocycles. The minimum Gasteiger partial charge on any atom is -1.00 e. The zero-order valence-electron chi connectivity index (χ0n) is 12.3. The van der Waals surface area contributed by atoms with E-state index >= 15 is 0 Å². The number of hydrogen-bond acceptors (Lipinski definition) is 11. The van der Waals surface area contributed by atoms with Crippen molar-refractivity contribution in [2.75, 3.05) is 0 Å². The van der Waals surface area contributed by atoms with Gasteiger partial charge in [0, 0.05) is 0 Å². The number of nitrogens with zero attached hydrogens (tertiary/aromatic N) is 2. The van der Waals surface area contributed by atoms with Gasteiger partial charge in [0.25, 0.3) is 0 Å². The van der Waals surface area contributed by atoms with Crippen LogP contribution in [0.5, 0.6) is 0 Å². The summed E-state index contributed by atoms with van der Waals surface area (Å²) in [6.45, 7) is 0. The van der Waals surface area contributed by atoms with Gasteiger partial charge in [-0.15, -0.1) is 11.7 Å². The molecule has 0 saturated carbocycles. The first-order valence-electron chi connectivity index (χ1n) is 5.38. The highest BCUT2D eigenvalue weighted by Crippen LogP contribution is 2.48. The number of hydrogen-bond donors (Lipinski definition) is 0. The van der Waals surface area contributed by atoms with Gasteiger partial charge in [-0.2, -0.15) is 42.1 Å². The van der Waals surface area contributed by atoms with Gasteiger partial charge in [0.05, 0.1) is 0 Å². The van der Waals surface area contributed by atoms with E-state index in [-0.39, 0.29) is 17.0 Å². The van der Waals surface area contributed by atoms with Crippen molar-refractivity contribution in [1.82, 2.24) is 0 Å². The van der Waals surface area contributed by atoms with Crippen molar-refractivity contribution in [2.24, 2.45) is 0 Å². The molecule has 0 saturated heterocycles. The Kier molecular flexibility index (Phi) is 7.26. The highest BCUT2D eigenvalue weighted by molar-refractivity contribution is 7.93. The fourth-order valence-corrected chi connectivity index (χ4v) is 7.81. The Morgan fingerprint density at radius 2 is 0.655 bits per heavy atom. The predicted molar refractivity (Wildman–Crippen MR) is 72.7 cm³/mol. The van der Waals surface area contributed by atoms with E-state index in [4.69, 9.17) is 5.39 Å². The third kappa shape index (κ3) is 5.36. The van der Waals surface area contributed by atoms with Crippen molar-refractivity contribution in [3.63, 3.8) is 0 Å². The molecule has 0 heterocycles. The van der Waals surface area contributed by atoms with Gasteiger partial charge in [-0.1, -0.05) is 7.77 Å². The largest absolute Gasteiger partial charge is 1.00 e. The lowest BCUT2D eigenvalue weighted by molar-refractivity contribution is -0.0000228. The maximum absolute atomic E-state index is 13.5. The van der Waals surface area contributed by atoms with Gasteiger partial charge in [-0.3, -0.25) is 0 Å². The molecule has 0 bridgehead atoms. The van der Waals surface area contributed by atoms with Crippen LogP contribution in [0.15, 0.2) is 24.5 Å². The van der Waals surface area contributed by atoms with Crippen LogP contribution in [-0.2, 0) is 51.1 Å². The Balaban J connectivity index is 0.00000784. The van der Waals surface area contributed by atoms with Crippen LogP contribution < -0.4 is 17.0 Å². The first kappa shape index (κ1) is 27.5. The molecule has 23 heteroatoms. The summed E-state index contributed by atoms with van der Waals surface area (Å²) in [5, 5.41) is 8.59. The molecule has 1 rings (SSSR count). The fourth-order valence-electron chi connectivity index (χ4n) is 1.84. The predicted octanol–water partition coefficient (Wildman–Crippen LogP) is -2.53. The molecule has 0 N–H and O–H groups in total. The molecule has 0 unspecified atom stereocenters. The quantitative estimate of drug-likeness (QED) is 0.198. The maximum Gasteiger partial charge on any atom is 0.430 e. The molecular formula is C6BrF5N2O10S5. The molecule has 29 heavy (non-hydrogen) atoms. The van der Waals surface area contributed by atoms with Crippen LogP contribution >= 0.6 is 0 Å². The van der Waals surface area contributed by atoms with Crippen LogP contribution in [0, 0.1) is 5.39 Å². The topological polar surface area (TPSA) is 199 Å². The first-order chi connectivity index (χ1) is 12.1. The Bertz CT molecular complexity index is 1390. The summed E-state index contributed by atoms with van der Waals surface area (Å²) < 4.78 is 178. The van der Waals surface area contributed by atoms with E-state index in [1.54, 1.807) is 4.98 Å². The van der Waals surface area contributed by atoms with Crippen LogP contribution in [0.2, 0.25) is 0 Å². The summed E-state index contributed by atoms with van der Waals surface area (Å²) in [7, 11) is -35.2. The van der Waals surface area contributed by atoms with Crippen molar-refractivity contribution in [3.05, 3.63) is 4.98 Å². The van der Waals surface area contributed by atoms with Gasteiger partial charge in [-0.25, -0.2) is 0 Å². The lowest BCUT2D eigenvalue weighted by atomic mass is 10.3. The molecule has 0 fully saturated rings. The minimum atomic E-state index is -7.14. The molecule has 0 aliphatic rings. The SMILES string of the molecule is N#[N+]c1c(S(=O)(=O)F)c(S(=O)(=O)F)c(S(=O)(=O)F)c(S(=O)(=O)F)c1S(=O)(=O)F.[Br-]. The van der Waals surface area contributed by atoms with Gasteiger partial charge < -0.3 is 17.0 Å². The summed E-state index contributed by atoms with van der Waals surface area (Å²) in [6, 6.07) is 0. The molecule has 166 valence electrons. The van der Waals surface area contributed by atoms with Gasteiger partial charge in [0.2, 0.25) is 15.2 Å². The molecule has 0 aromatic heterocycles. The monoisotopic (exact) mass is 594 g/mol. The molecule has 0 aliphatic carbocycles. The molecule has 0 radical (unpaired) electrons. The maximum atomic E-state index is 13.5. The second kappa shape index (κ2) is 7.65. The van der Waals surface area contributed by atoms with E-state index in [9.17, 15) is 61.5 Å². The van der Waals surface area contributed by atoms with E-state index in [0.29, 0.717) is 0 Å². The Morgan fingerprint density at radius 3 is 0.793 bits per heavy atom. The van der Waals surface area contributed by atoms with Crippen LogP contribution in [0.4, 0.5) is 25.1 Å². The average Bonchev–Trinajstić information content (AvgIpc) is 2.38. The standard InChI is InChI=1S/C6F5N2O10S5.BrH/c7-24(14,15)2-1(13-12)3(25(8,16)17)5(27(10,20)21)6(28(11,22)23)4(2)26(9,18)19;/h;1H/q+1;/p-1. The van der Waals surface area contributed by atoms with Crippen molar-refractivity contribution >= 4 is 56.8 Å². The Hall–Kier alpha value is -1.48. The lowest BCUT2D eigenvalue weighted by Crippen LogP contribution is -3.00. The van der Waals surface area contributed by atoms with Gasteiger partial charge in [0.15, 0.2) is 14.8 Å². The summed E-state index contributed by atoms with van der Waals surface area (Å²) in [5.41, 5.74) is -2.81. The van der Waals surface area contributed by atoms with E-state index in [1.807, 2.05) is 0 Å². The summed E-state index contributed by atoms with van der Waals surface area (Å²) in [4.78, 5) is -14.8. The van der Waals surface area contributed by atoms with Crippen LogP contribution in [0.25, 0.3) is 4.98 Å². The third-order valence-corrected chi connectivity index (χ3v) is 7.55. The molecule has 0 aliphatic heterocycles. The number of benzene rings is 1. The second-order valence-electron chi connectivity index (χ2n) is 4.28. The molecule has 0 amide bonds. The number of rotatable bonds is 5. The van der Waals surface area contributed by atoms with E-state index in [1.165, 1.54) is 0 Å². The summed E-state index contributed by atoms with van der Waals surface area (Å²) in [5.74, 6) is 0. The summed E-state index contributed by atoms with van der Waals surface area (Å²) >= 11 is 0. The van der Waals surface area contributed by atoms with E-state index in [2.05, 4.69) is 0 Å².